The monoisotopic (exact) mass is 641 g/mol. The van der Waals surface area contributed by atoms with Crippen molar-refractivity contribution in [2.45, 2.75) is 63.2 Å². The lowest BCUT2D eigenvalue weighted by molar-refractivity contribution is -0.148. The van der Waals surface area contributed by atoms with Gasteiger partial charge in [0, 0.05) is 32.2 Å². The molecule has 3 aliphatic rings. The highest BCUT2D eigenvalue weighted by atomic mass is 19.4. The van der Waals surface area contributed by atoms with E-state index in [1.165, 1.54) is 23.1 Å². The Morgan fingerprint density at radius 2 is 1.69 bits per heavy atom. The zero-order valence-corrected chi connectivity index (χ0v) is 23.6. The van der Waals surface area contributed by atoms with E-state index in [9.17, 15) is 39.9 Å². The SMILES string of the molecule is N=C1NC(CCC2CC2)(c2cc(F)cc(F)c2)CN1Cc1ccc(C(F)(F)F)c(C(=O)N2CCn3c(nnc3C(F)(F)F)C2)c1. The first-order valence-electron chi connectivity index (χ1n) is 14.2. The van der Waals surface area contributed by atoms with E-state index >= 15 is 0 Å². The fourth-order valence-corrected chi connectivity index (χ4v) is 6.07. The third-order valence-corrected chi connectivity index (χ3v) is 8.51. The number of carbonyl (C=O) groups excluding carboxylic acids is 1. The van der Waals surface area contributed by atoms with Crippen molar-refractivity contribution >= 4 is 11.9 Å². The van der Waals surface area contributed by atoms with Crippen LogP contribution in [0.5, 0.6) is 0 Å². The quantitative estimate of drug-likeness (QED) is 0.325. The van der Waals surface area contributed by atoms with Gasteiger partial charge in [-0.1, -0.05) is 18.9 Å². The summed E-state index contributed by atoms with van der Waals surface area (Å²) in [7, 11) is 0. The van der Waals surface area contributed by atoms with Gasteiger partial charge < -0.3 is 19.7 Å². The van der Waals surface area contributed by atoms with Crippen LogP contribution in [0.2, 0.25) is 0 Å². The number of alkyl halides is 6. The summed E-state index contributed by atoms with van der Waals surface area (Å²) in [6.07, 6.45) is -6.41. The zero-order chi connectivity index (χ0) is 32.3. The average Bonchev–Trinajstić information content (AvgIpc) is 3.59. The number of carbonyl (C=O) groups is 1. The molecule has 2 aromatic carbocycles. The van der Waals surface area contributed by atoms with Crippen LogP contribution in [0, 0.1) is 23.0 Å². The molecule has 1 atom stereocenters. The molecular weight excluding hydrogens is 614 g/mol. The predicted molar refractivity (Wildman–Crippen MR) is 142 cm³/mol. The summed E-state index contributed by atoms with van der Waals surface area (Å²) in [5.74, 6) is -3.69. The lowest BCUT2D eigenvalue weighted by Gasteiger charge is -2.30. The molecule has 0 bridgehead atoms. The second-order valence-electron chi connectivity index (χ2n) is 11.7. The summed E-state index contributed by atoms with van der Waals surface area (Å²) < 4.78 is 111. The number of aromatic nitrogens is 3. The van der Waals surface area contributed by atoms with Crippen molar-refractivity contribution in [2.24, 2.45) is 5.92 Å². The van der Waals surface area contributed by atoms with Gasteiger partial charge in [-0.15, -0.1) is 10.2 Å². The van der Waals surface area contributed by atoms with Crippen LogP contribution in [0.25, 0.3) is 0 Å². The first-order valence-corrected chi connectivity index (χ1v) is 14.2. The molecule has 240 valence electrons. The second-order valence-corrected chi connectivity index (χ2v) is 11.7. The molecule has 2 fully saturated rings. The minimum atomic E-state index is -4.91. The van der Waals surface area contributed by atoms with Crippen LogP contribution in [-0.4, -0.2) is 49.5 Å². The number of rotatable bonds is 7. The molecule has 0 radical (unpaired) electrons. The van der Waals surface area contributed by atoms with Crippen molar-refractivity contribution < 1.29 is 39.9 Å². The number of hydrogen-bond donors (Lipinski definition) is 2. The maximum absolute atomic E-state index is 14.2. The smallest absolute Gasteiger partial charge is 0.345 e. The van der Waals surface area contributed by atoms with Gasteiger partial charge in [0.25, 0.3) is 5.91 Å². The van der Waals surface area contributed by atoms with Gasteiger partial charge in [-0.05, 0) is 54.2 Å². The van der Waals surface area contributed by atoms with Crippen LogP contribution >= 0.6 is 0 Å². The van der Waals surface area contributed by atoms with Gasteiger partial charge >= 0.3 is 12.4 Å². The molecule has 1 saturated carbocycles. The summed E-state index contributed by atoms with van der Waals surface area (Å²) >= 11 is 0. The number of nitrogens with zero attached hydrogens (tertiary/aromatic N) is 5. The van der Waals surface area contributed by atoms with Crippen molar-refractivity contribution in [2.75, 3.05) is 13.1 Å². The summed E-state index contributed by atoms with van der Waals surface area (Å²) in [5.41, 5.74) is -2.38. The van der Waals surface area contributed by atoms with E-state index in [1.54, 1.807) is 0 Å². The predicted octanol–water partition coefficient (Wildman–Crippen LogP) is 5.68. The number of nitrogens with one attached hydrogen (secondary N) is 2. The van der Waals surface area contributed by atoms with Crippen LogP contribution < -0.4 is 5.32 Å². The number of guanidine groups is 1. The molecule has 1 aromatic heterocycles. The second kappa shape index (κ2) is 11.0. The molecule has 16 heteroatoms. The van der Waals surface area contributed by atoms with Crippen LogP contribution in [0.15, 0.2) is 36.4 Å². The molecule has 6 rings (SSSR count). The summed E-state index contributed by atoms with van der Waals surface area (Å²) in [6.45, 7) is -1.14. The van der Waals surface area contributed by atoms with Crippen LogP contribution in [-0.2, 0) is 37.5 Å². The molecule has 2 aliphatic heterocycles. The topological polar surface area (TPSA) is 90.1 Å². The van der Waals surface area contributed by atoms with Gasteiger partial charge in [-0.3, -0.25) is 10.2 Å². The average molecular weight is 642 g/mol. The molecule has 8 nitrogen and oxygen atoms in total. The van der Waals surface area contributed by atoms with Crippen molar-refractivity contribution in [3.05, 3.63) is 81.9 Å². The van der Waals surface area contributed by atoms with Gasteiger partial charge in [0.1, 0.15) is 11.6 Å². The van der Waals surface area contributed by atoms with E-state index in [1.807, 2.05) is 0 Å². The van der Waals surface area contributed by atoms with Crippen molar-refractivity contribution in [3.63, 3.8) is 0 Å². The Labute approximate surface area is 251 Å². The minimum Gasteiger partial charge on any atom is -0.345 e. The standard InChI is InChI=1S/C29H27F8N7O/c30-19-10-18(11-20(31)12-19)27(6-5-16-1-2-16)15-43(26(38)39-27)13-17-3-4-22(28(32,33)34)21(9-17)24(45)42-7-8-44-23(14-42)40-41-25(44)29(35,36)37/h3-4,9-12,16H,1-2,5-8,13-15H2,(H2,38,39). The number of benzene rings is 2. The lowest BCUT2D eigenvalue weighted by Crippen LogP contribution is -2.41. The Kier molecular flexibility index (Phi) is 7.51. The summed E-state index contributed by atoms with van der Waals surface area (Å²) in [5, 5.41) is 18.3. The Morgan fingerprint density at radius 1 is 0.978 bits per heavy atom. The molecule has 2 N–H and O–H groups in total. The van der Waals surface area contributed by atoms with Crippen LogP contribution in [0.1, 0.15) is 64.4 Å². The van der Waals surface area contributed by atoms with Crippen molar-refractivity contribution in [3.8, 4) is 0 Å². The third kappa shape index (κ3) is 6.18. The van der Waals surface area contributed by atoms with Gasteiger partial charge in [0.2, 0.25) is 5.82 Å². The Balaban J connectivity index is 1.26. The molecule has 1 aliphatic carbocycles. The first kappa shape index (κ1) is 30.8. The van der Waals surface area contributed by atoms with E-state index in [-0.39, 0.29) is 43.5 Å². The van der Waals surface area contributed by atoms with E-state index < -0.39 is 58.9 Å². The highest BCUT2D eigenvalue weighted by Gasteiger charge is 2.44. The Morgan fingerprint density at radius 3 is 2.33 bits per heavy atom. The zero-order valence-electron chi connectivity index (χ0n) is 23.6. The lowest BCUT2D eigenvalue weighted by atomic mass is 9.85. The van der Waals surface area contributed by atoms with E-state index in [0.717, 1.165) is 46.9 Å². The van der Waals surface area contributed by atoms with Gasteiger partial charge in [0.15, 0.2) is 11.8 Å². The normalized spacial score (nSPS) is 20.4. The van der Waals surface area contributed by atoms with Gasteiger partial charge in [-0.25, -0.2) is 8.78 Å². The Bertz CT molecular complexity index is 1630. The fraction of sp³-hybridized carbons (Fsp3) is 0.448. The van der Waals surface area contributed by atoms with E-state index in [4.69, 9.17) is 5.41 Å². The molecule has 1 amide bonds. The van der Waals surface area contributed by atoms with Gasteiger partial charge in [0.05, 0.1) is 23.2 Å². The molecule has 3 aromatic rings. The number of fused-ring (bicyclic) bond motifs is 1. The van der Waals surface area contributed by atoms with Crippen LogP contribution in [0.3, 0.4) is 0 Å². The molecule has 3 heterocycles. The number of hydrogen-bond acceptors (Lipinski definition) is 4. The van der Waals surface area contributed by atoms with Gasteiger partial charge in [-0.2, -0.15) is 26.3 Å². The number of halogens is 8. The molecule has 0 spiro atoms. The summed E-state index contributed by atoms with van der Waals surface area (Å²) in [4.78, 5) is 16.0. The van der Waals surface area contributed by atoms with Crippen molar-refractivity contribution in [1.82, 2.24) is 29.9 Å². The number of amides is 1. The fourth-order valence-electron chi connectivity index (χ4n) is 6.07. The summed E-state index contributed by atoms with van der Waals surface area (Å²) in [6, 6.07) is 6.15. The van der Waals surface area contributed by atoms with E-state index in [2.05, 4.69) is 15.5 Å². The minimum absolute atomic E-state index is 0.0923. The first-order chi connectivity index (χ1) is 21.1. The maximum atomic E-state index is 14.2. The largest absolute Gasteiger partial charge is 0.451 e. The highest BCUT2D eigenvalue weighted by molar-refractivity contribution is 5.96. The molecule has 45 heavy (non-hydrogen) atoms. The third-order valence-electron chi connectivity index (χ3n) is 8.51. The molecule has 1 saturated heterocycles. The van der Waals surface area contributed by atoms with Crippen molar-refractivity contribution in [1.29, 1.82) is 5.41 Å². The molecular formula is C29H27F8N7O. The maximum Gasteiger partial charge on any atom is 0.451 e. The van der Waals surface area contributed by atoms with Crippen LogP contribution in [0.4, 0.5) is 35.1 Å². The van der Waals surface area contributed by atoms with E-state index in [0.29, 0.717) is 17.9 Å². The molecule has 1 unspecified atom stereocenters. The highest BCUT2D eigenvalue weighted by Crippen LogP contribution is 2.41. The Hall–Kier alpha value is -4.24.